The Balaban J connectivity index is 1.67. The molecule has 1 aliphatic heterocycles. The number of hydrogen-bond acceptors (Lipinski definition) is 5. The molecule has 0 spiro atoms. The minimum absolute atomic E-state index is 0.0710. The van der Waals surface area contributed by atoms with Crippen molar-refractivity contribution in [2.45, 2.75) is 25.9 Å². The summed E-state index contributed by atoms with van der Waals surface area (Å²) in [4.78, 5) is 37.7. The Bertz CT molecular complexity index is 879. The van der Waals surface area contributed by atoms with Gasteiger partial charge in [0.2, 0.25) is 11.8 Å². The molecule has 146 valence electrons. The van der Waals surface area contributed by atoms with E-state index in [-0.39, 0.29) is 24.3 Å². The van der Waals surface area contributed by atoms with Crippen molar-refractivity contribution in [1.29, 1.82) is 0 Å². The molecule has 0 aromatic heterocycles. The maximum absolute atomic E-state index is 12.5. The highest BCUT2D eigenvalue weighted by Gasteiger charge is 2.33. The monoisotopic (exact) mass is 381 g/mol. The van der Waals surface area contributed by atoms with Crippen molar-refractivity contribution in [3.05, 3.63) is 59.7 Å². The molecule has 1 aliphatic rings. The van der Waals surface area contributed by atoms with Crippen molar-refractivity contribution < 1.29 is 19.1 Å². The van der Waals surface area contributed by atoms with E-state index < -0.39 is 6.04 Å². The van der Waals surface area contributed by atoms with Crippen LogP contribution in [-0.4, -0.2) is 42.4 Å². The second-order valence-corrected chi connectivity index (χ2v) is 6.72. The number of rotatable bonds is 5. The molecule has 0 radical (unpaired) electrons. The summed E-state index contributed by atoms with van der Waals surface area (Å²) < 4.78 is 4.93. The fraction of sp³-hybridized carbons (Fsp3) is 0.286. The molecule has 2 aromatic rings. The molecule has 0 aliphatic carbocycles. The molecule has 3 rings (SSSR count). The lowest BCUT2D eigenvalue weighted by molar-refractivity contribution is -0.148. The molecule has 1 atom stereocenters. The van der Waals surface area contributed by atoms with Crippen molar-refractivity contribution in [2.75, 3.05) is 24.3 Å². The first kappa shape index (κ1) is 19.6. The highest BCUT2D eigenvalue weighted by atomic mass is 16.5. The molecule has 28 heavy (non-hydrogen) atoms. The van der Waals surface area contributed by atoms with Gasteiger partial charge in [-0.25, -0.2) is 0 Å². The number of anilines is 2. The van der Waals surface area contributed by atoms with Crippen LogP contribution in [0, 0.1) is 0 Å². The van der Waals surface area contributed by atoms with E-state index in [2.05, 4.69) is 10.6 Å². The van der Waals surface area contributed by atoms with Crippen molar-refractivity contribution in [3.8, 4) is 0 Å². The van der Waals surface area contributed by atoms with E-state index in [0.29, 0.717) is 24.3 Å². The number of esters is 1. The van der Waals surface area contributed by atoms with Crippen molar-refractivity contribution >= 4 is 29.2 Å². The Morgan fingerprint density at radius 3 is 2.21 bits per heavy atom. The van der Waals surface area contributed by atoms with Gasteiger partial charge in [0.25, 0.3) is 0 Å². The van der Waals surface area contributed by atoms with Crippen LogP contribution in [0.4, 0.5) is 11.4 Å². The number of carbonyl (C=O) groups excluding carboxylic acids is 3. The molecule has 7 nitrogen and oxygen atoms in total. The highest BCUT2D eigenvalue weighted by Crippen LogP contribution is 2.24. The Morgan fingerprint density at radius 2 is 1.61 bits per heavy atom. The molecular formula is C21H23N3O4. The fourth-order valence-corrected chi connectivity index (χ4v) is 3.34. The maximum Gasteiger partial charge on any atom is 0.323 e. The standard InChI is InChI=1S/C21H23N3O4/c1-14(25)22-17-7-9-18(10-8-17)23-20(26)13-24-12-16-6-4-3-5-15(16)11-19(24)21(27)28-2/h3-10,19H,11-13H2,1-2H3,(H,22,25)(H,23,26)/t19-/m1/s1. The van der Waals surface area contributed by atoms with Gasteiger partial charge in [0.05, 0.1) is 13.7 Å². The van der Waals surface area contributed by atoms with Crippen LogP contribution in [-0.2, 0) is 32.1 Å². The lowest BCUT2D eigenvalue weighted by atomic mass is 9.94. The summed E-state index contributed by atoms with van der Waals surface area (Å²) in [6.07, 6.45) is 0.515. The van der Waals surface area contributed by atoms with Gasteiger partial charge in [0, 0.05) is 24.8 Å². The second kappa shape index (κ2) is 8.67. The minimum atomic E-state index is -0.493. The molecule has 0 saturated heterocycles. The molecule has 0 fully saturated rings. The Labute approximate surface area is 163 Å². The van der Waals surface area contributed by atoms with Crippen molar-refractivity contribution in [2.24, 2.45) is 0 Å². The molecule has 0 unspecified atom stereocenters. The van der Waals surface area contributed by atoms with Crippen LogP contribution in [0.15, 0.2) is 48.5 Å². The predicted octanol–water partition coefficient (Wildman–Crippen LogP) is 2.18. The maximum atomic E-state index is 12.5. The molecule has 7 heteroatoms. The molecule has 2 aromatic carbocycles. The topological polar surface area (TPSA) is 87.7 Å². The third-order valence-corrected chi connectivity index (χ3v) is 4.65. The first-order chi connectivity index (χ1) is 13.5. The number of hydrogen-bond donors (Lipinski definition) is 2. The highest BCUT2D eigenvalue weighted by molar-refractivity contribution is 5.93. The van der Waals surface area contributed by atoms with Gasteiger partial charge >= 0.3 is 5.97 Å². The Hall–Kier alpha value is -3.19. The van der Waals surface area contributed by atoms with Gasteiger partial charge in [0.15, 0.2) is 0 Å². The summed E-state index contributed by atoms with van der Waals surface area (Å²) in [7, 11) is 1.36. The predicted molar refractivity (Wildman–Crippen MR) is 106 cm³/mol. The number of nitrogens with one attached hydrogen (secondary N) is 2. The molecular weight excluding hydrogens is 358 g/mol. The Morgan fingerprint density at radius 1 is 1.00 bits per heavy atom. The number of nitrogens with zero attached hydrogens (tertiary/aromatic N) is 1. The van der Waals surface area contributed by atoms with Gasteiger partial charge < -0.3 is 15.4 Å². The van der Waals surface area contributed by atoms with E-state index in [1.54, 1.807) is 24.3 Å². The van der Waals surface area contributed by atoms with Crippen LogP contribution in [0.1, 0.15) is 18.1 Å². The van der Waals surface area contributed by atoms with Crippen molar-refractivity contribution in [3.63, 3.8) is 0 Å². The minimum Gasteiger partial charge on any atom is -0.468 e. The molecule has 0 saturated carbocycles. The number of methoxy groups -OCH3 is 1. The van der Waals surface area contributed by atoms with Crippen LogP contribution >= 0.6 is 0 Å². The van der Waals surface area contributed by atoms with Gasteiger partial charge in [-0.15, -0.1) is 0 Å². The van der Waals surface area contributed by atoms with Gasteiger partial charge in [-0.3, -0.25) is 19.3 Å². The SMILES string of the molecule is COC(=O)[C@H]1Cc2ccccc2CN1CC(=O)Nc1ccc(NC(C)=O)cc1. The van der Waals surface area contributed by atoms with E-state index in [0.717, 1.165) is 11.1 Å². The third-order valence-electron chi connectivity index (χ3n) is 4.65. The van der Waals surface area contributed by atoms with Crippen LogP contribution in [0.2, 0.25) is 0 Å². The zero-order valence-electron chi connectivity index (χ0n) is 15.9. The largest absolute Gasteiger partial charge is 0.468 e. The lowest BCUT2D eigenvalue weighted by Gasteiger charge is -2.34. The molecule has 2 N–H and O–H groups in total. The van der Waals surface area contributed by atoms with E-state index in [4.69, 9.17) is 4.74 Å². The van der Waals surface area contributed by atoms with E-state index in [1.807, 2.05) is 29.2 Å². The fourth-order valence-electron chi connectivity index (χ4n) is 3.34. The summed E-state index contributed by atoms with van der Waals surface area (Å²) >= 11 is 0. The quantitative estimate of drug-likeness (QED) is 0.775. The second-order valence-electron chi connectivity index (χ2n) is 6.72. The first-order valence-corrected chi connectivity index (χ1v) is 9.02. The van der Waals surface area contributed by atoms with Crippen molar-refractivity contribution in [1.82, 2.24) is 4.90 Å². The normalized spacial score (nSPS) is 16.0. The summed E-state index contributed by atoms with van der Waals surface area (Å²) in [5, 5.41) is 5.50. The molecule has 2 amide bonds. The molecule has 0 bridgehead atoms. The Kier molecular flexibility index (Phi) is 6.06. The van der Waals surface area contributed by atoms with Crippen LogP contribution in [0.25, 0.3) is 0 Å². The van der Waals surface area contributed by atoms with Gasteiger partial charge in [-0.2, -0.15) is 0 Å². The summed E-state index contributed by atoms with van der Waals surface area (Å²) in [5.74, 6) is -0.724. The third kappa shape index (κ3) is 4.75. The molecule has 1 heterocycles. The number of amides is 2. The summed E-state index contributed by atoms with van der Waals surface area (Å²) in [6, 6.07) is 14.3. The van der Waals surface area contributed by atoms with Crippen LogP contribution < -0.4 is 10.6 Å². The average molecular weight is 381 g/mol. The van der Waals surface area contributed by atoms with E-state index >= 15 is 0 Å². The number of carbonyl (C=O) groups is 3. The smallest absolute Gasteiger partial charge is 0.323 e. The zero-order valence-corrected chi connectivity index (χ0v) is 15.9. The number of ether oxygens (including phenoxy) is 1. The summed E-state index contributed by atoms with van der Waals surface area (Å²) in [6.45, 7) is 2.01. The van der Waals surface area contributed by atoms with Crippen LogP contribution in [0.5, 0.6) is 0 Å². The summed E-state index contributed by atoms with van der Waals surface area (Å²) in [5.41, 5.74) is 3.48. The number of benzene rings is 2. The van der Waals surface area contributed by atoms with E-state index in [9.17, 15) is 14.4 Å². The number of fused-ring (bicyclic) bond motifs is 1. The first-order valence-electron chi connectivity index (χ1n) is 9.02. The van der Waals surface area contributed by atoms with E-state index in [1.165, 1.54) is 14.0 Å². The zero-order chi connectivity index (χ0) is 20.1. The lowest BCUT2D eigenvalue weighted by Crippen LogP contribution is -2.49. The van der Waals surface area contributed by atoms with Gasteiger partial charge in [-0.05, 0) is 41.8 Å². The average Bonchev–Trinajstić information content (AvgIpc) is 2.68. The van der Waals surface area contributed by atoms with Crippen LogP contribution in [0.3, 0.4) is 0 Å². The van der Waals surface area contributed by atoms with Gasteiger partial charge in [0.1, 0.15) is 6.04 Å². The van der Waals surface area contributed by atoms with Gasteiger partial charge in [-0.1, -0.05) is 24.3 Å².